The number of halogens is 3. The highest BCUT2D eigenvalue weighted by Gasteiger charge is 2.29. The number of hydrogen-bond donors (Lipinski definition) is 1. The van der Waals surface area contributed by atoms with E-state index in [9.17, 15) is 26.4 Å². The molecule has 0 unspecified atom stereocenters. The van der Waals surface area contributed by atoms with E-state index in [1.807, 2.05) is 0 Å². The van der Waals surface area contributed by atoms with Crippen LogP contribution in [0.1, 0.15) is 5.56 Å². The summed E-state index contributed by atoms with van der Waals surface area (Å²) in [4.78, 5) is 11.8. The van der Waals surface area contributed by atoms with Crippen molar-refractivity contribution in [1.29, 1.82) is 0 Å². The van der Waals surface area contributed by atoms with Gasteiger partial charge in [0.15, 0.2) is 6.61 Å². The molecule has 0 bridgehead atoms. The summed E-state index contributed by atoms with van der Waals surface area (Å²) in [7, 11) is -1.98. The fourth-order valence-corrected chi connectivity index (χ4v) is 2.54. The van der Waals surface area contributed by atoms with Gasteiger partial charge in [-0.2, -0.15) is 13.2 Å². The molecule has 0 aliphatic heterocycles. The van der Waals surface area contributed by atoms with E-state index in [2.05, 4.69) is 5.32 Å². The number of carbonyl (C=O) groups excluding carboxylic acids is 1. The van der Waals surface area contributed by atoms with Gasteiger partial charge in [0.05, 0.1) is 17.5 Å². The second-order valence-electron chi connectivity index (χ2n) is 5.64. The fraction of sp³-hybridized carbons (Fsp3) is 0.235. The number of ether oxygens (including phenoxy) is 1. The second-order valence-corrected chi connectivity index (χ2v) is 7.65. The molecule has 0 fully saturated rings. The van der Waals surface area contributed by atoms with Crippen LogP contribution in [0.2, 0.25) is 0 Å². The molecule has 10 heteroatoms. The van der Waals surface area contributed by atoms with E-state index in [-0.39, 0.29) is 12.3 Å². The van der Waals surface area contributed by atoms with Crippen LogP contribution in [0.5, 0.6) is 5.75 Å². The lowest BCUT2D eigenvalue weighted by atomic mass is 10.2. The number of benzene rings is 2. The topological polar surface area (TPSA) is 75.7 Å². The largest absolute Gasteiger partial charge is 0.484 e. The maximum absolute atomic E-state index is 12.5. The number of sulfonamides is 1. The van der Waals surface area contributed by atoms with Crippen molar-refractivity contribution in [2.45, 2.75) is 6.18 Å². The zero-order valence-electron chi connectivity index (χ0n) is 14.4. The number of hydrogen-bond acceptors (Lipinski definition) is 4. The van der Waals surface area contributed by atoms with Crippen molar-refractivity contribution in [1.82, 2.24) is 0 Å². The van der Waals surface area contributed by atoms with E-state index in [1.165, 1.54) is 31.3 Å². The van der Waals surface area contributed by atoms with Crippen molar-refractivity contribution in [2.75, 3.05) is 29.5 Å². The van der Waals surface area contributed by atoms with Gasteiger partial charge in [-0.1, -0.05) is 0 Å². The van der Waals surface area contributed by atoms with Gasteiger partial charge in [0.25, 0.3) is 5.91 Å². The van der Waals surface area contributed by atoms with Crippen LogP contribution in [-0.2, 0) is 21.0 Å². The van der Waals surface area contributed by atoms with Gasteiger partial charge < -0.3 is 10.1 Å². The molecular formula is C17H17F3N2O4S. The number of carbonyl (C=O) groups is 1. The third-order valence-corrected chi connectivity index (χ3v) is 4.77. The van der Waals surface area contributed by atoms with Gasteiger partial charge in [0.2, 0.25) is 10.0 Å². The highest BCUT2D eigenvalue weighted by Crippen LogP contribution is 2.29. The minimum Gasteiger partial charge on any atom is -0.484 e. The van der Waals surface area contributed by atoms with E-state index in [1.54, 1.807) is 0 Å². The van der Waals surface area contributed by atoms with Crippen LogP contribution in [0, 0.1) is 0 Å². The van der Waals surface area contributed by atoms with Gasteiger partial charge in [0, 0.05) is 12.7 Å². The summed E-state index contributed by atoms with van der Waals surface area (Å²) in [5.41, 5.74) is -0.170. The van der Waals surface area contributed by atoms with Crippen LogP contribution < -0.4 is 14.4 Å². The number of rotatable bonds is 6. The van der Waals surface area contributed by atoms with Crippen molar-refractivity contribution in [2.24, 2.45) is 0 Å². The third kappa shape index (κ3) is 5.88. The zero-order chi connectivity index (χ0) is 20.2. The molecule has 1 amide bonds. The van der Waals surface area contributed by atoms with E-state index in [0.717, 1.165) is 34.8 Å². The molecule has 27 heavy (non-hydrogen) atoms. The molecule has 0 aromatic heterocycles. The molecule has 1 N–H and O–H groups in total. The highest BCUT2D eigenvalue weighted by atomic mass is 32.2. The molecule has 0 atom stereocenters. The molecule has 146 valence electrons. The fourth-order valence-electron chi connectivity index (χ4n) is 2.03. The zero-order valence-corrected chi connectivity index (χ0v) is 15.3. The molecule has 0 aliphatic rings. The number of nitrogens with zero attached hydrogens (tertiary/aromatic N) is 1. The van der Waals surface area contributed by atoms with Crippen LogP contribution >= 0.6 is 0 Å². The number of alkyl halides is 3. The van der Waals surface area contributed by atoms with E-state index in [4.69, 9.17) is 4.74 Å². The van der Waals surface area contributed by atoms with Gasteiger partial charge in [-0.15, -0.1) is 0 Å². The minimum absolute atomic E-state index is 0.210. The summed E-state index contributed by atoms with van der Waals surface area (Å²) in [6.45, 7) is -0.359. The standard InChI is InChI=1S/C17H17F3N2O4S/c1-22(27(2,24)25)14-7-9-15(10-8-14)26-11-16(23)21-13-5-3-12(4-6-13)17(18,19)20/h3-10H,11H2,1-2H3,(H,21,23). The van der Waals surface area contributed by atoms with Crippen molar-refractivity contribution in [3.8, 4) is 5.75 Å². The lowest BCUT2D eigenvalue weighted by molar-refractivity contribution is -0.137. The molecule has 0 radical (unpaired) electrons. The molecule has 2 rings (SSSR count). The third-order valence-electron chi connectivity index (χ3n) is 3.56. The quantitative estimate of drug-likeness (QED) is 0.806. The smallest absolute Gasteiger partial charge is 0.416 e. The first-order valence-corrected chi connectivity index (χ1v) is 9.45. The Balaban J connectivity index is 1.90. The van der Waals surface area contributed by atoms with Crippen LogP contribution in [0.4, 0.5) is 24.5 Å². The normalized spacial score (nSPS) is 11.7. The summed E-state index contributed by atoms with van der Waals surface area (Å²) in [5.74, 6) is -0.213. The monoisotopic (exact) mass is 402 g/mol. The Bertz CT molecular complexity index is 895. The first kappa shape index (κ1) is 20.6. The van der Waals surface area contributed by atoms with Crippen LogP contribution in [0.25, 0.3) is 0 Å². The molecule has 0 saturated carbocycles. The predicted molar refractivity (Wildman–Crippen MR) is 95.3 cm³/mol. The first-order chi connectivity index (χ1) is 12.5. The Morgan fingerprint density at radius 1 is 1.07 bits per heavy atom. The molecule has 0 heterocycles. The van der Waals surface area contributed by atoms with Crippen LogP contribution in [-0.4, -0.2) is 34.2 Å². The Morgan fingerprint density at radius 3 is 2.11 bits per heavy atom. The summed E-state index contributed by atoms with van der Waals surface area (Å²) >= 11 is 0. The molecular weight excluding hydrogens is 385 g/mol. The van der Waals surface area contributed by atoms with Crippen molar-refractivity contribution in [3.63, 3.8) is 0 Å². The van der Waals surface area contributed by atoms with Crippen LogP contribution in [0.3, 0.4) is 0 Å². The maximum Gasteiger partial charge on any atom is 0.416 e. The molecule has 6 nitrogen and oxygen atoms in total. The van der Waals surface area contributed by atoms with Gasteiger partial charge in [-0.25, -0.2) is 8.42 Å². The van der Waals surface area contributed by atoms with Crippen LogP contribution in [0.15, 0.2) is 48.5 Å². The second kappa shape index (κ2) is 7.87. The Kier molecular flexibility index (Phi) is 5.99. The Hall–Kier alpha value is -2.75. The molecule has 2 aromatic rings. The summed E-state index contributed by atoms with van der Waals surface area (Å²) < 4.78 is 66.8. The van der Waals surface area contributed by atoms with Gasteiger partial charge in [-0.3, -0.25) is 9.10 Å². The van der Waals surface area contributed by atoms with Crippen molar-refractivity contribution >= 4 is 27.3 Å². The van der Waals surface area contributed by atoms with Crippen molar-refractivity contribution < 1.29 is 31.1 Å². The lowest BCUT2D eigenvalue weighted by Crippen LogP contribution is -2.24. The van der Waals surface area contributed by atoms with Gasteiger partial charge in [0.1, 0.15) is 5.75 Å². The highest BCUT2D eigenvalue weighted by molar-refractivity contribution is 7.92. The van der Waals surface area contributed by atoms with Gasteiger partial charge >= 0.3 is 6.18 Å². The summed E-state index contributed by atoms with van der Waals surface area (Å²) in [6, 6.07) is 10.1. The average Bonchev–Trinajstić information content (AvgIpc) is 2.58. The summed E-state index contributed by atoms with van der Waals surface area (Å²) in [5, 5.41) is 2.42. The number of anilines is 2. The van der Waals surface area contributed by atoms with E-state index in [0.29, 0.717) is 11.4 Å². The first-order valence-electron chi connectivity index (χ1n) is 7.61. The summed E-state index contributed by atoms with van der Waals surface area (Å²) in [6.07, 6.45) is -3.37. The Labute approximate surface area is 154 Å². The van der Waals surface area contributed by atoms with E-state index >= 15 is 0 Å². The molecule has 2 aromatic carbocycles. The SMILES string of the molecule is CN(c1ccc(OCC(=O)Nc2ccc(C(F)(F)F)cc2)cc1)S(C)(=O)=O. The minimum atomic E-state index is -4.44. The lowest BCUT2D eigenvalue weighted by Gasteiger charge is -2.16. The van der Waals surface area contributed by atoms with Crippen molar-refractivity contribution in [3.05, 3.63) is 54.1 Å². The molecule has 0 spiro atoms. The Morgan fingerprint density at radius 2 is 1.63 bits per heavy atom. The van der Waals surface area contributed by atoms with Gasteiger partial charge in [-0.05, 0) is 48.5 Å². The predicted octanol–water partition coefficient (Wildman–Crippen LogP) is 3.12. The number of amides is 1. The maximum atomic E-state index is 12.5. The molecule has 0 saturated heterocycles. The van der Waals surface area contributed by atoms with E-state index < -0.39 is 27.7 Å². The molecule has 0 aliphatic carbocycles. The number of nitrogens with one attached hydrogen (secondary N) is 1. The average molecular weight is 402 g/mol.